The van der Waals surface area contributed by atoms with Crippen LogP contribution in [0, 0.1) is 0 Å². The zero-order chi connectivity index (χ0) is 13.1. The minimum Gasteiger partial charge on any atom is -0.480 e. The van der Waals surface area contributed by atoms with Crippen molar-refractivity contribution in [3.63, 3.8) is 0 Å². The van der Waals surface area contributed by atoms with E-state index in [0.29, 0.717) is 18.1 Å². The Bertz CT molecular complexity index is 625. The Balaban J connectivity index is 2.36. The SMILES string of the molecule is COc1ccc(=O)n(Cc2ccc(Br)cc2N)n1. The number of aromatic nitrogens is 2. The number of anilines is 1. The lowest BCUT2D eigenvalue weighted by Gasteiger charge is -2.08. The van der Waals surface area contributed by atoms with Gasteiger partial charge < -0.3 is 10.5 Å². The van der Waals surface area contributed by atoms with Crippen molar-refractivity contribution in [3.05, 3.63) is 50.7 Å². The Kier molecular flexibility index (Phi) is 3.66. The molecule has 0 fully saturated rings. The molecule has 0 amide bonds. The van der Waals surface area contributed by atoms with E-state index < -0.39 is 0 Å². The molecule has 0 atom stereocenters. The number of halogens is 1. The molecule has 2 rings (SSSR count). The van der Waals surface area contributed by atoms with Crippen LogP contribution in [0.15, 0.2) is 39.6 Å². The van der Waals surface area contributed by atoms with Crippen molar-refractivity contribution in [2.75, 3.05) is 12.8 Å². The Morgan fingerprint density at radius 3 is 2.83 bits per heavy atom. The van der Waals surface area contributed by atoms with Crippen LogP contribution >= 0.6 is 15.9 Å². The van der Waals surface area contributed by atoms with E-state index in [1.54, 1.807) is 6.07 Å². The topological polar surface area (TPSA) is 70.1 Å². The summed E-state index contributed by atoms with van der Waals surface area (Å²) in [5.41, 5.74) is 7.14. The third-order valence-electron chi connectivity index (χ3n) is 2.48. The van der Waals surface area contributed by atoms with Gasteiger partial charge in [0.15, 0.2) is 0 Å². The number of rotatable bonds is 3. The first kappa shape index (κ1) is 12.6. The van der Waals surface area contributed by atoms with Crippen LogP contribution in [0.2, 0.25) is 0 Å². The van der Waals surface area contributed by atoms with Crippen molar-refractivity contribution in [1.29, 1.82) is 0 Å². The summed E-state index contributed by atoms with van der Waals surface area (Å²) < 4.78 is 7.20. The quantitative estimate of drug-likeness (QED) is 0.875. The zero-order valence-corrected chi connectivity index (χ0v) is 11.3. The van der Waals surface area contributed by atoms with Crippen LogP contribution in [0.25, 0.3) is 0 Å². The molecule has 6 heteroatoms. The summed E-state index contributed by atoms with van der Waals surface area (Å²) in [4.78, 5) is 11.7. The molecule has 2 aromatic rings. The van der Waals surface area contributed by atoms with Gasteiger partial charge >= 0.3 is 0 Å². The van der Waals surface area contributed by atoms with E-state index in [4.69, 9.17) is 10.5 Å². The molecule has 0 spiro atoms. The largest absolute Gasteiger partial charge is 0.480 e. The number of hydrogen-bond acceptors (Lipinski definition) is 4. The number of nitrogen functional groups attached to an aromatic ring is 1. The fraction of sp³-hybridized carbons (Fsp3) is 0.167. The van der Waals surface area contributed by atoms with E-state index in [1.165, 1.54) is 23.9 Å². The molecule has 0 saturated carbocycles. The van der Waals surface area contributed by atoms with Gasteiger partial charge in [-0.25, -0.2) is 4.68 Å². The molecule has 0 bridgehead atoms. The number of ether oxygens (including phenoxy) is 1. The standard InChI is InChI=1S/C12H12BrN3O2/c1-18-11-4-5-12(17)16(15-11)7-8-2-3-9(13)6-10(8)14/h2-6H,7,14H2,1H3. The Morgan fingerprint density at radius 2 is 2.17 bits per heavy atom. The summed E-state index contributed by atoms with van der Waals surface area (Å²) in [5, 5.41) is 4.06. The molecular formula is C12H12BrN3O2. The molecule has 0 aliphatic carbocycles. The number of methoxy groups -OCH3 is 1. The van der Waals surface area contributed by atoms with Crippen molar-refractivity contribution in [2.24, 2.45) is 0 Å². The van der Waals surface area contributed by atoms with Gasteiger partial charge in [-0.15, -0.1) is 5.10 Å². The molecule has 0 aliphatic rings. The zero-order valence-electron chi connectivity index (χ0n) is 9.76. The highest BCUT2D eigenvalue weighted by atomic mass is 79.9. The lowest BCUT2D eigenvalue weighted by atomic mass is 10.2. The lowest BCUT2D eigenvalue weighted by molar-refractivity contribution is 0.379. The van der Waals surface area contributed by atoms with Crippen LogP contribution in [-0.4, -0.2) is 16.9 Å². The number of nitrogens with two attached hydrogens (primary N) is 1. The number of nitrogens with zero attached hydrogens (tertiary/aromatic N) is 2. The van der Waals surface area contributed by atoms with Crippen LogP contribution in [0.4, 0.5) is 5.69 Å². The van der Waals surface area contributed by atoms with Gasteiger partial charge in [-0.2, -0.15) is 0 Å². The highest BCUT2D eigenvalue weighted by molar-refractivity contribution is 9.10. The maximum Gasteiger partial charge on any atom is 0.267 e. The van der Waals surface area contributed by atoms with E-state index in [2.05, 4.69) is 21.0 Å². The van der Waals surface area contributed by atoms with Crippen molar-refractivity contribution in [2.45, 2.75) is 6.54 Å². The van der Waals surface area contributed by atoms with Gasteiger partial charge in [0.2, 0.25) is 5.88 Å². The van der Waals surface area contributed by atoms with Gasteiger partial charge in [0, 0.05) is 22.3 Å². The molecule has 5 nitrogen and oxygen atoms in total. The van der Waals surface area contributed by atoms with Gasteiger partial charge in [-0.3, -0.25) is 4.79 Å². The van der Waals surface area contributed by atoms with Crippen LogP contribution in [0.1, 0.15) is 5.56 Å². The number of benzene rings is 1. The van der Waals surface area contributed by atoms with E-state index in [0.717, 1.165) is 10.0 Å². The van der Waals surface area contributed by atoms with Crippen LogP contribution < -0.4 is 16.0 Å². The Labute approximate surface area is 112 Å². The van der Waals surface area contributed by atoms with Gasteiger partial charge in [0.05, 0.1) is 13.7 Å². The monoisotopic (exact) mass is 309 g/mol. The average Bonchev–Trinajstić information content (AvgIpc) is 2.35. The minimum absolute atomic E-state index is 0.196. The molecule has 1 heterocycles. The molecule has 1 aromatic carbocycles. The predicted octanol–water partition coefficient (Wildman–Crippen LogP) is 1.64. The third-order valence-corrected chi connectivity index (χ3v) is 2.97. The van der Waals surface area contributed by atoms with Crippen molar-refractivity contribution in [3.8, 4) is 5.88 Å². The van der Waals surface area contributed by atoms with Crippen LogP contribution in [-0.2, 0) is 6.54 Å². The summed E-state index contributed by atoms with van der Waals surface area (Å²) >= 11 is 3.33. The number of hydrogen-bond donors (Lipinski definition) is 1. The van der Waals surface area contributed by atoms with E-state index in [1.807, 2.05) is 12.1 Å². The summed E-state index contributed by atoms with van der Waals surface area (Å²) in [6, 6.07) is 8.47. The second-order valence-corrected chi connectivity index (χ2v) is 4.63. The molecule has 0 radical (unpaired) electrons. The molecule has 2 N–H and O–H groups in total. The molecule has 0 saturated heterocycles. The molecule has 0 unspecified atom stereocenters. The van der Waals surface area contributed by atoms with Crippen LogP contribution in [0.5, 0.6) is 5.88 Å². The summed E-state index contributed by atoms with van der Waals surface area (Å²) in [6.07, 6.45) is 0. The molecule has 18 heavy (non-hydrogen) atoms. The van der Waals surface area contributed by atoms with E-state index in [9.17, 15) is 4.79 Å². The predicted molar refractivity (Wildman–Crippen MR) is 72.7 cm³/mol. The van der Waals surface area contributed by atoms with Gasteiger partial charge in [-0.1, -0.05) is 22.0 Å². The van der Waals surface area contributed by atoms with Gasteiger partial charge in [0.1, 0.15) is 0 Å². The first-order chi connectivity index (χ1) is 8.60. The normalized spacial score (nSPS) is 10.3. The smallest absolute Gasteiger partial charge is 0.267 e. The average molecular weight is 310 g/mol. The summed E-state index contributed by atoms with van der Waals surface area (Å²) in [7, 11) is 1.51. The first-order valence-electron chi connectivity index (χ1n) is 5.26. The van der Waals surface area contributed by atoms with E-state index in [-0.39, 0.29) is 5.56 Å². The van der Waals surface area contributed by atoms with Crippen molar-refractivity contribution >= 4 is 21.6 Å². The molecule has 1 aromatic heterocycles. The van der Waals surface area contributed by atoms with Crippen LogP contribution in [0.3, 0.4) is 0 Å². The van der Waals surface area contributed by atoms with Gasteiger partial charge in [0.25, 0.3) is 5.56 Å². The summed E-state index contributed by atoms with van der Waals surface area (Å²) in [6.45, 7) is 0.315. The maximum atomic E-state index is 11.7. The van der Waals surface area contributed by atoms with Gasteiger partial charge in [-0.05, 0) is 17.7 Å². The lowest BCUT2D eigenvalue weighted by Crippen LogP contribution is -2.23. The minimum atomic E-state index is -0.196. The fourth-order valence-corrected chi connectivity index (χ4v) is 1.90. The Morgan fingerprint density at radius 1 is 1.39 bits per heavy atom. The maximum absolute atomic E-state index is 11.7. The molecular weight excluding hydrogens is 298 g/mol. The highest BCUT2D eigenvalue weighted by Crippen LogP contribution is 2.19. The molecule has 94 valence electrons. The first-order valence-corrected chi connectivity index (χ1v) is 6.05. The second kappa shape index (κ2) is 5.22. The van der Waals surface area contributed by atoms with Crippen molar-refractivity contribution < 1.29 is 4.74 Å². The van der Waals surface area contributed by atoms with E-state index >= 15 is 0 Å². The Hall–Kier alpha value is -1.82. The fourth-order valence-electron chi connectivity index (χ4n) is 1.52. The molecule has 0 aliphatic heterocycles. The van der Waals surface area contributed by atoms with Crippen molar-refractivity contribution in [1.82, 2.24) is 9.78 Å². The summed E-state index contributed by atoms with van der Waals surface area (Å²) in [5.74, 6) is 0.394. The second-order valence-electron chi connectivity index (χ2n) is 3.71. The highest BCUT2D eigenvalue weighted by Gasteiger charge is 2.05. The third kappa shape index (κ3) is 2.70.